The summed E-state index contributed by atoms with van der Waals surface area (Å²) in [5.41, 5.74) is 2.96. The molecule has 0 N–H and O–H groups in total. The van der Waals surface area contributed by atoms with Gasteiger partial charge in [-0.3, -0.25) is 4.90 Å². The van der Waals surface area contributed by atoms with E-state index in [4.69, 9.17) is 4.74 Å². The van der Waals surface area contributed by atoms with Gasteiger partial charge in [-0.05, 0) is 49.6 Å². The van der Waals surface area contributed by atoms with E-state index in [0.717, 1.165) is 12.3 Å². The molecule has 1 saturated heterocycles. The number of methoxy groups -OCH3 is 1. The molecule has 0 bridgehead atoms. The molecule has 2 atom stereocenters. The van der Waals surface area contributed by atoms with Crippen LogP contribution in [0, 0.1) is 0 Å². The predicted octanol–water partition coefficient (Wildman–Crippen LogP) is 4.64. The average molecular weight is 309 g/mol. The average Bonchev–Trinajstić information content (AvgIpc) is 2.60. The monoisotopic (exact) mass is 309 g/mol. The summed E-state index contributed by atoms with van der Waals surface area (Å²) in [6, 6.07) is 19.9. The van der Waals surface area contributed by atoms with Gasteiger partial charge < -0.3 is 4.74 Å². The van der Waals surface area contributed by atoms with E-state index in [1.165, 1.54) is 30.5 Å². The molecule has 3 rings (SSSR count). The van der Waals surface area contributed by atoms with Gasteiger partial charge >= 0.3 is 0 Å². The highest BCUT2D eigenvalue weighted by Crippen LogP contribution is 2.40. The van der Waals surface area contributed by atoms with Gasteiger partial charge in [-0.1, -0.05) is 49.4 Å². The predicted molar refractivity (Wildman–Crippen MR) is 95.9 cm³/mol. The molecule has 2 aromatic carbocycles. The van der Waals surface area contributed by atoms with Gasteiger partial charge in [0.05, 0.1) is 7.11 Å². The van der Waals surface area contributed by atoms with Crippen molar-refractivity contribution in [3.8, 4) is 5.75 Å². The van der Waals surface area contributed by atoms with Crippen LogP contribution in [0.4, 0.5) is 0 Å². The Morgan fingerprint density at radius 2 is 1.91 bits per heavy atom. The number of nitrogens with zero attached hydrogens (tertiary/aromatic N) is 1. The van der Waals surface area contributed by atoms with Gasteiger partial charge in [-0.25, -0.2) is 0 Å². The SMILES string of the molecule is COc1cccc([C@@]2(C)CCCN(Cc3ccccc3)[C@H]2C)c1. The van der Waals surface area contributed by atoms with Gasteiger partial charge in [0.25, 0.3) is 0 Å². The van der Waals surface area contributed by atoms with Crippen LogP contribution < -0.4 is 4.74 Å². The Hall–Kier alpha value is -1.80. The molecule has 0 unspecified atom stereocenters. The third-order valence-corrected chi connectivity index (χ3v) is 5.57. The maximum absolute atomic E-state index is 5.43. The van der Waals surface area contributed by atoms with Crippen LogP contribution in [0.2, 0.25) is 0 Å². The Kier molecular flexibility index (Phi) is 4.72. The molecule has 1 fully saturated rings. The Labute approximate surface area is 140 Å². The summed E-state index contributed by atoms with van der Waals surface area (Å²) in [5, 5.41) is 0. The number of hydrogen-bond acceptors (Lipinski definition) is 2. The number of piperidine rings is 1. The smallest absolute Gasteiger partial charge is 0.119 e. The fourth-order valence-electron chi connectivity index (χ4n) is 3.85. The van der Waals surface area contributed by atoms with Gasteiger partial charge in [0.1, 0.15) is 5.75 Å². The van der Waals surface area contributed by atoms with E-state index in [2.05, 4.69) is 67.3 Å². The number of hydrogen-bond donors (Lipinski definition) is 0. The highest BCUT2D eigenvalue weighted by atomic mass is 16.5. The normalized spacial score (nSPS) is 25.3. The second-order valence-corrected chi connectivity index (χ2v) is 6.89. The second kappa shape index (κ2) is 6.76. The Morgan fingerprint density at radius 3 is 2.65 bits per heavy atom. The number of ether oxygens (including phenoxy) is 1. The van der Waals surface area contributed by atoms with E-state index >= 15 is 0 Å². The van der Waals surface area contributed by atoms with Gasteiger partial charge in [-0.2, -0.15) is 0 Å². The van der Waals surface area contributed by atoms with E-state index in [9.17, 15) is 0 Å². The third kappa shape index (κ3) is 3.28. The topological polar surface area (TPSA) is 12.5 Å². The van der Waals surface area contributed by atoms with Crippen LogP contribution in [0.5, 0.6) is 5.75 Å². The molecule has 23 heavy (non-hydrogen) atoms. The highest BCUT2D eigenvalue weighted by Gasteiger charge is 2.39. The molecule has 2 nitrogen and oxygen atoms in total. The van der Waals surface area contributed by atoms with Crippen molar-refractivity contribution in [2.75, 3.05) is 13.7 Å². The zero-order valence-electron chi connectivity index (χ0n) is 14.5. The van der Waals surface area contributed by atoms with Crippen molar-refractivity contribution in [3.63, 3.8) is 0 Å². The molecular formula is C21H27NO. The fourth-order valence-corrected chi connectivity index (χ4v) is 3.85. The lowest BCUT2D eigenvalue weighted by atomic mass is 9.70. The van der Waals surface area contributed by atoms with Crippen LogP contribution >= 0.6 is 0 Å². The lowest BCUT2D eigenvalue weighted by Crippen LogP contribution is -2.51. The summed E-state index contributed by atoms with van der Waals surface area (Å²) < 4.78 is 5.43. The van der Waals surface area contributed by atoms with Crippen molar-refractivity contribution < 1.29 is 4.74 Å². The largest absolute Gasteiger partial charge is 0.497 e. The fraction of sp³-hybridized carbons (Fsp3) is 0.429. The maximum Gasteiger partial charge on any atom is 0.119 e. The summed E-state index contributed by atoms with van der Waals surface area (Å²) in [5.74, 6) is 0.955. The van der Waals surface area contributed by atoms with E-state index in [1.54, 1.807) is 7.11 Å². The Bertz CT molecular complexity index is 639. The van der Waals surface area contributed by atoms with Crippen LogP contribution in [-0.4, -0.2) is 24.6 Å². The summed E-state index contributed by atoms with van der Waals surface area (Å²) in [6.07, 6.45) is 2.47. The molecule has 0 aliphatic carbocycles. The van der Waals surface area contributed by atoms with E-state index < -0.39 is 0 Å². The number of likely N-dealkylation sites (tertiary alicyclic amines) is 1. The van der Waals surface area contributed by atoms with Gasteiger partial charge in [0.2, 0.25) is 0 Å². The minimum Gasteiger partial charge on any atom is -0.497 e. The van der Waals surface area contributed by atoms with Crippen LogP contribution in [0.25, 0.3) is 0 Å². The first kappa shape index (κ1) is 16.1. The molecular weight excluding hydrogens is 282 g/mol. The molecule has 0 amide bonds. The minimum absolute atomic E-state index is 0.168. The molecule has 1 aliphatic rings. The summed E-state index contributed by atoms with van der Waals surface area (Å²) in [4.78, 5) is 2.62. The molecule has 122 valence electrons. The van der Waals surface area contributed by atoms with Crippen molar-refractivity contribution >= 4 is 0 Å². The molecule has 2 heteroatoms. The molecule has 0 radical (unpaired) electrons. The minimum atomic E-state index is 0.168. The number of benzene rings is 2. The highest BCUT2D eigenvalue weighted by molar-refractivity contribution is 5.35. The standard InChI is InChI=1S/C21H27NO/c1-17-21(2,19-11-7-12-20(15-19)23-3)13-8-14-22(17)16-18-9-5-4-6-10-18/h4-7,9-12,15,17H,8,13-14,16H2,1-3H3/t17-,21-/m0/s1. The third-order valence-electron chi connectivity index (χ3n) is 5.57. The molecule has 0 aromatic heterocycles. The first-order valence-electron chi connectivity index (χ1n) is 8.56. The van der Waals surface area contributed by atoms with Crippen molar-refractivity contribution in [2.24, 2.45) is 0 Å². The zero-order chi connectivity index (χ0) is 16.3. The van der Waals surface area contributed by atoms with E-state index in [1.807, 2.05) is 6.07 Å². The first-order chi connectivity index (χ1) is 11.1. The van der Waals surface area contributed by atoms with Gasteiger partial charge in [-0.15, -0.1) is 0 Å². The number of rotatable bonds is 4. The van der Waals surface area contributed by atoms with Crippen molar-refractivity contribution in [3.05, 3.63) is 65.7 Å². The Morgan fingerprint density at radius 1 is 1.13 bits per heavy atom. The summed E-state index contributed by atoms with van der Waals surface area (Å²) in [7, 11) is 1.74. The summed E-state index contributed by atoms with van der Waals surface area (Å²) in [6.45, 7) is 6.99. The molecule has 0 spiro atoms. The molecule has 2 aromatic rings. The van der Waals surface area contributed by atoms with Crippen molar-refractivity contribution in [2.45, 2.75) is 44.7 Å². The molecule has 1 heterocycles. The van der Waals surface area contributed by atoms with Gasteiger partial charge in [0, 0.05) is 18.0 Å². The Balaban J connectivity index is 1.84. The van der Waals surface area contributed by atoms with Crippen LogP contribution in [-0.2, 0) is 12.0 Å². The van der Waals surface area contributed by atoms with Crippen LogP contribution in [0.15, 0.2) is 54.6 Å². The second-order valence-electron chi connectivity index (χ2n) is 6.89. The maximum atomic E-state index is 5.43. The van der Waals surface area contributed by atoms with Crippen LogP contribution in [0.3, 0.4) is 0 Å². The van der Waals surface area contributed by atoms with Crippen molar-refractivity contribution in [1.82, 2.24) is 4.90 Å². The summed E-state index contributed by atoms with van der Waals surface area (Å²) >= 11 is 0. The van der Waals surface area contributed by atoms with Crippen molar-refractivity contribution in [1.29, 1.82) is 0 Å². The lowest BCUT2D eigenvalue weighted by Gasteiger charge is -2.47. The molecule has 1 aliphatic heterocycles. The lowest BCUT2D eigenvalue weighted by molar-refractivity contribution is 0.0804. The quantitative estimate of drug-likeness (QED) is 0.816. The molecule has 0 saturated carbocycles. The van der Waals surface area contributed by atoms with Crippen LogP contribution in [0.1, 0.15) is 37.8 Å². The first-order valence-corrected chi connectivity index (χ1v) is 8.56. The van der Waals surface area contributed by atoms with E-state index in [-0.39, 0.29) is 5.41 Å². The zero-order valence-corrected chi connectivity index (χ0v) is 14.5. The van der Waals surface area contributed by atoms with Gasteiger partial charge in [0.15, 0.2) is 0 Å². The van der Waals surface area contributed by atoms with E-state index in [0.29, 0.717) is 6.04 Å².